The molecule has 0 bridgehead atoms. The van der Waals surface area contributed by atoms with Gasteiger partial charge in [0, 0.05) is 22.5 Å². The summed E-state index contributed by atoms with van der Waals surface area (Å²) in [6.07, 6.45) is 11.7. The van der Waals surface area contributed by atoms with Crippen LogP contribution in [-0.2, 0) is 6.42 Å². The minimum absolute atomic E-state index is 0.0392. The number of hydrogen-bond donors (Lipinski definition) is 2. The summed E-state index contributed by atoms with van der Waals surface area (Å²) in [7, 11) is 0. The van der Waals surface area contributed by atoms with E-state index in [0.717, 1.165) is 6.42 Å². The van der Waals surface area contributed by atoms with Crippen molar-refractivity contribution in [2.45, 2.75) is 64.7 Å². The highest BCUT2D eigenvalue weighted by molar-refractivity contribution is 6.09. The summed E-state index contributed by atoms with van der Waals surface area (Å²) in [6, 6.07) is 12.9. The number of carbonyl (C=O) groups is 1. The maximum atomic E-state index is 12.6. The van der Waals surface area contributed by atoms with Crippen molar-refractivity contribution in [1.29, 1.82) is 0 Å². The smallest absolute Gasteiger partial charge is 0.193 e. The number of carbonyl (C=O) groups excluding carboxylic acids is 1. The quantitative estimate of drug-likeness (QED) is 0.306. The molecule has 0 aliphatic rings. The molecule has 2 aromatic carbocycles. The SMILES string of the molecule is CCCCCCCCCCc1ccc(C(=O)c2cc(N)cc(N)c2)cc1. The summed E-state index contributed by atoms with van der Waals surface area (Å²) in [6.45, 7) is 2.25. The highest BCUT2D eigenvalue weighted by Gasteiger charge is 2.10. The zero-order valence-corrected chi connectivity index (χ0v) is 16.0. The third-order valence-electron chi connectivity index (χ3n) is 4.77. The lowest BCUT2D eigenvalue weighted by atomic mass is 9.99. The van der Waals surface area contributed by atoms with Gasteiger partial charge in [-0.3, -0.25) is 4.79 Å². The topological polar surface area (TPSA) is 69.1 Å². The monoisotopic (exact) mass is 352 g/mol. The van der Waals surface area contributed by atoms with Gasteiger partial charge in [-0.05, 0) is 36.6 Å². The van der Waals surface area contributed by atoms with Gasteiger partial charge in [0.1, 0.15) is 0 Å². The number of anilines is 2. The lowest BCUT2D eigenvalue weighted by Crippen LogP contribution is -2.04. The van der Waals surface area contributed by atoms with Gasteiger partial charge < -0.3 is 11.5 Å². The minimum atomic E-state index is -0.0392. The van der Waals surface area contributed by atoms with Crippen molar-refractivity contribution >= 4 is 17.2 Å². The fourth-order valence-electron chi connectivity index (χ4n) is 3.26. The Balaban J connectivity index is 1.78. The number of hydrogen-bond acceptors (Lipinski definition) is 3. The van der Waals surface area contributed by atoms with E-state index in [1.54, 1.807) is 18.2 Å². The zero-order valence-electron chi connectivity index (χ0n) is 16.0. The first-order valence-electron chi connectivity index (χ1n) is 9.90. The second-order valence-corrected chi connectivity index (χ2v) is 7.14. The molecule has 0 atom stereocenters. The summed E-state index contributed by atoms with van der Waals surface area (Å²) in [5.41, 5.74) is 15.1. The Morgan fingerprint density at radius 1 is 0.731 bits per heavy atom. The third-order valence-corrected chi connectivity index (χ3v) is 4.77. The second-order valence-electron chi connectivity index (χ2n) is 7.14. The summed E-state index contributed by atoms with van der Waals surface area (Å²) in [4.78, 5) is 12.6. The maximum Gasteiger partial charge on any atom is 0.193 e. The summed E-state index contributed by atoms with van der Waals surface area (Å²) < 4.78 is 0. The van der Waals surface area contributed by atoms with Gasteiger partial charge in [0.2, 0.25) is 0 Å². The normalized spacial score (nSPS) is 10.8. The molecular weight excluding hydrogens is 320 g/mol. The second kappa shape index (κ2) is 10.6. The van der Waals surface area contributed by atoms with Crippen molar-refractivity contribution in [2.75, 3.05) is 11.5 Å². The van der Waals surface area contributed by atoms with E-state index in [0.29, 0.717) is 22.5 Å². The van der Waals surface area contributed by atoms with Crippen molar-refractivity contribution in [3.63, 3.8) is 0 Å². The van der Waals surface area contributed by atoms with Gasteiger partial charge in [-0.2, -0.15) is 0 Å². The molecule has 0 aliphatic carbocycles. The highest BCUT2D eigenvalue weighted by Crippen LogP contribution is 2.18. The van der Waals surface area contributed by atoms with Crippen LogP contribution in [0.25, 0.3) is 0 Å². The first kappa shape index (κ1) is 20.0. The maximum absolute atomic E-state index is 12.6. The number of benzene rings is 2. The molecule has 0 aromatic heterocycles. The Hall–Kier alpha value is -2.29. The van der Waals surface area contributed by atoms with E-state index < -0.39 is 0 Å². The average Bonchev–Trinajstić information content (AvgIpc) is 2.63. The summed E-state index contributed by atoms with van der Waals surface area (Å²) >= 11 is 0. The molecule has 0 aliphatic heterocycles. The number of rotatable bonds is 11. The van der Waals surface area contributed by atoms with Crippen LogP contribution in [0.4, 0.5) is 11.4 Å². The molecule has 140 valence electrons. The van der Waals surface area contributed by atoms with E-state index in [1.807, 2.05) is 12.1 Å². The van der Waals surface area contributed by atoms with Crippen LogP contribution >= 0.6 is 0 Å². The predicted molar refractivity (Wildman–Crippen MR) is 111 cm³/mol. The van der Waals surface area contributed by atoms with Gasteiger partial charge in [-0.15, -0.1) is 0 Å². The Morgan fingerprint density at radius 3 is 1.85 bits per heavy atom. The molecule has 4 N–H and O–H groups in total. The fourth-order valence-corrected chi connectivity index (χ4v) is 3.26. The van der Waals surface area contributed by atoms with Crippen LogP contribution in [0.1, 0.15) is 79.8 Å². The van der Waals surface area contributed by atoms with E-state index in [-0.39, 0.29) is 5.78 Å². The lowest BCUT2D eigenvalue weighted by molar-refractivity contribution is 0.103. The zero-order chi connectivity index (χ0) is 18.8. The molecule has 0 radical (unpaired) electrons. The van der Waals surface area contributed by atoms with Crippen LogP contribution in [0, 0.1) is 0 Å². The Bertz CT molecular complexity index is 672. The van der Waals surface area contributed by atoms with E-state index >= 15 is 0 Å². The van der Waals surface area contributed by atoms with E-state index in [4.69, 9.17) is 11.5 Å². The molecular formula is C23H32N2O. The Morgan fingerprint density at radius 2 is 1.27 bits per heavy atom. The Labute approximate surface area is 157 Å². The van der Waals surface area contributed by atoms with E-state index in [2.05, 4.69) is 19.1 Å². The van der Waals surface area contributed by atoms with E-state index in [1.165, 1.54) is 56.9 Å². The van der Waals surface area contributed by atoms with Gasteiger partial charge >= 0.3 is 0 Å². The van der Waals surface area contributed by atoms with Gasteiger partial charge in [0.05, 0.1) is 0 Å². The standard InChI is InChI=1S/C23H32N2O/c1-2-3-4-5-6-7-8-9-10-18-11-13-19(14-12-18)23(26)20-15-21(24)17-22(25)16-20/h11-17H,2-10,24-25H2,1H3. The third kappa shape index (κ3) is 6.55. The molecule has 0 amide bonds. The lowest BCUT2D eigenvalue weighted by Gasteiger charge is -2.06. The number of aryl methyl sites for hydroxylation is 1. The molecule has 0 saturated heterocycles. The molecule has 0 fully saturated rings. The fraction of sp³-hybridized carbons (Fsp3) is 0.435. The molecule has 0 saturated carbocycles. The van der Waals surface area contributed by atoms with Crippen LogP contribution in [0.3, 0.4) is 0 Å². The summed E-state index contributed by atoms with van der Waals surface area (Å²) in [5, 5.41) is 0. The van der Waals surface area contributed by atoms with Gasteiger partial charge in [0.15, 0.2) is 5.78 Å². The van der Waals surface area contributed by atoms with Crippen molar-refractivity contribution in [2.24, 2.45) is 0 Å². The van der Waals surface area contributed by atoms with Gasteiger partial charge in [-0.25, -0.2) is 0 Å². The van der Waals surface area contributed by atoms with E-state index in [9.17, 15) is 4.79 Å². The molecule has 3 nitrogen and oxygen atoms in total. The van der Waals surface area contributed by atoms with Crippen LogP contribution in [0.15, 0.2) is 42.5 Å². The summed E-state index contributed by atoms with van der Waals surface area (Å²) in [5.74, 6) is -0.0392. The largest absolute Gasteiger partial charge is 0.399 e. The van der Waals surface area contributed by atoms with Crippen molar-refractivity contribution in [3.05, 3.63) is 59.2 Å². The molecule has 26 heavy (non-hydrogen) atoms. The minimum Gasteiger partial charge on any atom is -0.399 e. The molecule has 0 unspecified atom stereocenters. The molecule has 2 aromatic rings. The van der Waals surface area contributed by atoms with Crippen LogP contribution in [-0.4, -0.2) is 5.78 Å². The van der Waals surface area contributed by atoms with Crippen molar-refractivity contribution < 1.29 is 4.79 Å². The van der Waals surface area contributed by atoms with Gasteiger partial charge in [0.25, 0.3) is 0 Å². The highest BCUT2D eigenvalue weighted by atomic mass is 16.1. The average molecular weight is 353 g/mol. The number of ketones is 1. The van der Waals surface area contributed by atoms with Crippen molar-refractivity contribution in [3.8, 4) is 0 Å². The van der Waals surface area contributed by atoms with Crippen molar-refractivity contribution in [1.82, 2.24) is 0 Å². The number of nitrogens with two attached hydrogens (primary N) is 2. The first-order valence-corrected chi connectivity index (χ1v) is 9.90. The molecule has 3 heteroatoms. The predicted octanol–water partition coefficient (Wildman–Crippen LogP) is 5.77. The van der Waals surface area contributed by atoms with Crippen LogP contribution in [0.5, 0.6) is 0 Å². The molecule has 0 heterocycles. The molecule has 2 rings (SSSR count). The Kier molecular flexibility index (Phi) is 8.20. The first-order chi connectivity index (χ1) is 12.6. The molecule has 0 spiro atoms. The number of nitrogen functional groups attached to an aromatic ring is 2. The van der Waals surface area contributed by atoms with Gasteiger partial charge in [-0.1, -0.05) is 76.1 Å². The van der Waals surface area contributed by atoms with Crippen LogP contribution in [0.2, 0.25) is 0 Å². The number of unbranched alkanes of at least 4 members (excludes halogenated alkanes) is 7. The van der Waals surface area contributed by atoms with Crippen LogP contribution < -0.4 is 11.5 Å².